The van der Waals surface area contributed by atoms with Crippen LogP contribution in [0.1, 0.15) is 5.56 Å². The molecule has 216 valence electrons. The van der Waals surface area contributed by atoms with Gasteiger partial charge in [0.15, 0.2) is 0 Å². The van der Waals surface area contributed by atoms with E-state index in [1.807, 2.05) is 18.2 Å². The Bertz CT molecular complexity index is 1580. The molecular weight excluding hydrogens is 577 g/mol. The van der Waals surface area contributed by atoms with E-state index in [-0.39, 0.29) is 27.1 Å². The van der Waals surface area contributed by atoms with Crippen LogP contribution in [0.25, 0.3) is 22.0 Å². The highest BCUT2D eigenvalue weighted by atomic mass is 35.5. The lowest BCUT2D eigenvalue weighted by atomic mass is 9.98. The molecule has 0 amide bonds. The number of benzene rings is 2. The Hall–Kier alpha value is -3.25. The second-order valence-corrected chi connectivity index (χ2v) is 11.2. The number of H-pyrrole nitrogens is 1. The first kappa shape index (κ1) is 29.2. The normalized spacial score (nSPS) is 15.3. The van der Waals surface area contributed by atoms with E-state index in [1.165, 1.54) is 13.2 Å². The summed E-state index contributed by atoms with van der Waals surface area (Å²) in [5.74, 6) is 1.42. The number of aliphatic hydroxyl groups is 1. The summed E-state index contributed by atoms with van der Waals surface area (Å²) in [6.45, 7) is 3.39. The van der Waals surface area contributed by atoms with Crippen LogP contribution < -0.4 is 15.2 Å². The summed E-state index contributed by atoms with van der Waals surface area (Å²) in [4.78, 5) is 24.9. The Morgan fingerprint density at radius 1 is 1.12 bits per heavy atom. The number of pyridine rings is 2. The maximum atomic E-state index is 13.7. The van der Waals surface area contributed by atoms with Crippen molar-refractivity contribution in [3.63, 3.8) is 0 Å². The fraction of sp³-hybridized carbons (Fsp3) is 0.310. The molecule has 2 aromatic heterocycles. The number of rotatable bonds is 8. The van der Waals surface area contributed by atoms with Gasteiger partial charge in [-0.2, -0.15) is 13.2 Å². The van der Waals surface area contributed by atoms with E-state index >= 15 is 0 Å². The summed E-state index contributed by atoms with van der Waals surface area (Å²) in [5.41, 5.74) is -0.417. The number of ether oxygens (including phenoxy) is 1. The molecule has 12 heteroatoms. The van der Waals surface area contributed by atoms with Gasteiger partial charge in [0.05, 0.1) is 23.7 Å². The number of fused-ring (bicyclic) bond motifs is 1. The molecule has 1 unspecified atom stereocenters. The molecule has 0 radical (unpaired) electrons. The molecule has 2 N–H and O–H groups in total. The van der Waals surface area contributed by atoms with Gasteiger partial charge in [0, 0.05) is 71.7 Å². The monoisotopic (exact) mass is 604 g/mol. The molecule has 0 bridgehead atoms. The van der Waals surface area contributed by atoms with E-state index in [0.29, 0.717) is 22.9 Å². The number of nitrogens with one attached hydrogen (secondary N) is 1. The standard InChI is InChI=1S/C29H28ClF3N4O3S/c1-40-24-8-6-19(30)15-22(24)26-21-14-18(29(31,32)33)5-7-23(21)35-28(39)27(26)41-17-20(38)16-36-10-12-37(13-11-36)25-4-2-3-9-34-25/h2-9,14-15,20,38H,10-13,16-17H2,1H3,(H,35,39). The zero-order valence-corrected chi connectivity index (χ0v) is 23.7. The zero-order valence-electron chi connectivity index (χ0n) is 22.1. The Morgan fingerprint density at radius 2 is 1.90 bits per heavy atom. The molecule has 0 aliphatic carbocycles. The smallest absolute Gasteiger partial charge is 0.416 e. The summed E-state index contributed by atoms with van der Waals surface area (Å²) in [5, 5.41) is 11.4. The number of aliphatic hydroxyl groups excluding tert-OH is 1. The fourth-order valence-electron chi connectivity index (χ4n) is 4.96. The van der Waals surface area contributed by atoms with Gasteiger partial charge in [-0.3, -0.25) is 9.69 Å². The van der Waals surface area contributed by atoms with Crippen LogP contribution in [0.2, 0.25) is 5.02 Å². The van der Waals surface area contributed by atoms with Crippen molar-refractivity contribution in [3.05, 3.63) is 81.7 Å². The summed E-state index contributed by atoms with van der Waals surface area (Å²) in [6.07, 6.45) is -3.61. The van der Waals surface area contributed by atoms with E-state index in [2.05, 4.69) is 19.8 Å². The summed E-state index contributed by atoms with van der Waals surface area (Å²) in [7, 11) is 1.44. The Labute approximate surface area is 243 Å². The number of piperazine rings is 1. The van der Waals surface area contributed by atoms with Crippen molar-refractivity contribution >= 4 is 40.1 Å². The van der Waals surface area contributed by atoms with Crippen molar-refractivity contribution in [2.75, 3.05) is 50.5 Å². The second-order valence-electron chi connectivity index (χ2n) is 9.70. The number of thioether (sulfide) groups is 1. The van der Waals surface area contributed by atoms with Gasteiger partial charge in [0.25, 0.3) is 5.56 Å². The first-order chi connectivity index (χ1) is 19.6. The molecule has 1 saturated heterocycles. The van der Waals surface area contributed by atoms with Crippen molar-refractivity contribution in [2.45, 2.75) is 17.2 Å². The van der Waals surface area contributed by atoms with Gasteiger partial charge in [-0.15, -0.1) is 11.8 Å². The number of methoxy groups -OCH3 is 1. The lowest BCUT2D eigenvalue weighted by Crippen LogP contribution is -2.49. The molecule has 7 nitrogen and oxygen atoms in total. The minimum absolute atomic E-state index is 0.157. The number of nitrogens with zero attached hydrogens (tertiary/aromatic N) is 3. The van der Waals surface area contributed by atoms with E-state index in [9.17, 15) is 23.1 Å². The van der Waals surface area contributed by atoms with Crippen LogP contribution in [0.3, 0.4) is 0 Å². The topological polar surface area (TPSA) is 81.7 Å². The fourth-order valence-corrected chi connectivity index (χ4v) is 6.15. The van der Waals surface area contributed by atoms with E-state index < -0.39 is 23.4 Å². The zero-order chi connectivity index (χ0) is 29.1. The molecule has 4 aromatic rings. The summed E-state index contributed by atoms with van der Waals surface area (Å²) >= 11 is 7.37. The van der Waals surface area contributed by atoms with Crippen LogP contribution in [0, 0.1) is 0 Å². The molecule has 0 saturated carbocycles. The van der Waals surface area contributed by atoms with Crippen molar-refractivity contribution in [1.82, 2.24) is 14.9 Å². The van der Waals surface area contributed by atoms with Gasteiger partial charge < -0.3 is 19.7 Å². The van der Waals surface area contributed by atoms with Crippen molar-refractivity contribution < 1.29 is 23.0 Å². The summed E-state index contributed by atoms with van der Waals surface area (Å²) in [6, 6.07) is 13.7. The number of alkyl halides is 3. The minimum Gasteiger partial charge on any atom is -0.496 e. The molecule has 1 fully saturated rings. The first-order valence-corrected chi connectivity index (χ1v) is 14.3. The predicted octanol–water partition coefficient (Wildman–Crippen LogP) is 5.55. The van der Waals surface area contributed by atoms with Crippen molar-refractivity contribution in [3.8, 4) is 16.9 Å². The van der Waals surface area contributed by atoms with Crippen LogP contribution >= 0.6 is 23.4 Å². The van der Waals surface area contributed by atoms with Crippen molar-refractivity contribution in [2.24, 2.45) is 0 Å². The van der Waals surface area contributed by atoms with Gasteiger partial charge in [0.2, 0.25) is 0 Å². The molecule has 41 heavy (non-hydrogen) atoms. The maximum Gasteiger partial charge on any atom is 0.416 e. The SMILES string of the molecule is COc1ccc(Cl)cc1-c1c(SCC(O)CN2CCN(c3ccccn3)CC2)c(=O)[nH]c2ccc(C(F)(F)F)cc12. The molecule has 1 aliphatic heterocycles. The van der Waals surface area contributed by atoms with Crippen LogP contribution in [0.5, 0.6) is 5.75 Å². The first-order valence-electron chi connectivity index (χ1n) is 12.9. The van der Waals surface area contributed by atoms with Crippen molar-refractivity contribution in [1.29, 1.82) is 0 Å². The molecule has 1 atom stereocenters. The van der Waals surface area contributed by atoms with Crippen LogP contribution in [-0.4, -0.2) is 71.7 Å². The predicted molar refractivity (Wildman–Crippen MR) is 156 cm³/mol. The minimum atomic E-state index is -4.58. The van der Waals surface area contributed by atoms with Gasteiger partial charge in [0.1, 0.15) is 11.6 Å². The third-order valence-electron chi connectivity index (χ3n) is 6.96. The lowest BCUT2D eigenvalue weighted by Gasteiger charge is -2.36. The molecule has 0 spiro atoms. The summed E-state index contributed by atoms with van der Waals surface area (Å²) < 4.78 is 46.5. The van der Waals surface area contributed by atoms with Crippen LogP contribution in [0.15, 0.2) is 70.5 Å². The number of β-amino-alcohol motifs (C(OH)–C–C–N with tert-alkyl or cyclic N) is 1. The number of hydrogen-bond donors (Lipinski definition) is 2. The highest BCUT2D eigenvalue weighted by Gasteiger charge is 2.31. The van der Waals surface area contributed by atoms with Crippen LogP contribution in [-0.2, 0) is 6.18 Å². The molecule has 5 rings (SSSR count). The number of hydrogen-bond acceptors (Lipinski definition) is 7. The molecule has 2 aromatic carbocycles. The van der Waals surface area contributed by atoms with Gasteiger partial charge in [-0.05, 0) is 48.5 Å². The molecule has 1 aliphatic rings. The second kappa shape index (κ2) is 12.3. The highest BCUT2D eigenvalue weighted by Crippen LogP contribution is 2.42. The maximum absolute atomic E-state index is 13.7. The molecule has 3 heterocycles. The third kappa shape index (κ3) is 6.64. The largest absolute Gasteiger partial charge is 0.496 e. The quantitative estimate of drug-likeness (QED) is 0.255. The molecular formula is C29H28ClF3N4O3S. The van der Waals surface area contributed by atoms with E-state index in [4.69, 9.17) is 16.3 Å². The Balaban J connectivity index is 1.41. The Morgan fingerprint density at radius 3 is 2.59 bits per heavy atom. The Kier molecular flexibility index (Phi) is 8.79. The van der Waals surface area contributed by atoms with E-state index in [1.54, 1.807) is 24.4 Å². The van der Waals surface area contributed by atoms with Gasteiger partial charge in [-0.1, -0.05) is 17.7 Å². The lowest BCUT2D eigenvalue weighted by molar-refractivity contribution is -0.137. The number of aromatic amines is 1. The average Bonchev–Trinajstić information content (AvgIpc) is 2.96. The van der Waals surface area contributed by atoms with E-state index in [0.717, 1.165) is 55.9 Å². The number of anilines is 1. The highest BCUT2D eigenvalue weighted by molar-refractivity contribution is 7.99. The van der Waals surface area contributed by atoms with Gasteiger partial charge >= 0.3 is 6.18 Å². The average molecular weight is 605 g/mol. The van der Waals surface area contributed by atoms with Crippen LogP contribution in [0.4, 0.5) is 19.0 Å². The van der Waals surface area contributed by atoms with Gasteiger partial charge in [-0.25, -0.2) is 4.98 Å². The number of halogens is 4. The third-order valence-corrected chi connectivity index (χ3v) is 8.43. The number of aromatic nitrogens is 2.